The van der Waals surface area contributed by atoms with Crippen LogP contribution in [0.4, 0.5) is 11.9 Å². The minimum absolute atomic E-state index is 0.176. The van der Waals surface area contributed by atoms with Crippen LogP contribution < -0.4 is 15.8 Å². The number of nitrogens with one attached hydrogen (secondary N) is 1. The van der Waals surface area contributed by atoms with E-state index >= 15 is 0 Å². The first-order chi connectivity index (χ1) is 8.26. The van der Waals surface area contributed by atoms with E-state index in [0.29, 0.717) is 12.6 Å². The van der Waals surface area contributed by atoms with Gasteiger partial charge >= 0.3 is 6.01 Å². The molecule has 17 heavy (non-hydrogen) atoms. The number of unbranched alkanes of at least 4 members (excludes halogenated alkanes) is 1. The molecule has 0 aromatic carbocycles. The van der Waals surface area contributed by atoms with Gasteiger partial charge in [0.05, 0.1) is 6.61 Å². The average Bonchev–Trinajstić information content (AvgIpc) is 2.28. The van der Waals surface area contributed by atoms with E-state index in [1.54, 1.807) is 0 Å². The molecule has 0 bridgehead atoms. The van der Waals surface area contributed by atoms with Crippen molar-refractivity contribution in [2.24, 2.45) is 0 Å². The number of ether oxygens (including phenoxy) is 1. The number of nitrogens with two attached hydrogens (primary N) is 1. The van der Waals surface area contributed by atoms with Crippen LogP contribution in [0, 0.1) is 0 Å². The maximum Gasteiger partial charge on any atom is 0.323 e. The monoisotopic (exact) mass is 257 g/mol. The van der Waals surface area contributed by atoms with E-state index in [9.17, 15) is 0 Å². The molecule has 1 aromatic heterocycles. The third-order valence-corrected chi connectivity index (χ3v) is 2.66. The zero-order valence-corrected chi connectivity index (χ0v) is 11.1. The van der Waals surface area contributed by atoms with E-state index in [4.69, 9.17) is 10.5 Å². The van der Waals surface area contributed by atoms with E-state index in [2.05, 4.69) is 26.5 Å². The number of anilines is 2. The summed E-state index contributed by atoms with van der Waals surface area (Å²) in [5, 5.41) is 3.11. The first-order valence-electron chi connectivity index (χ1n) is 5.63. The molecule has 0 aliphatic carbocycles. The van der Waals surface area contributed by atoms with Crippen molar-refractivity contribution in [1.29, 1.82) is 0 Å². The van der Waals surface area contributed by atoms with Crippen LogP contribution in [-0.2, 0) is 0 Å². The van der Waals surface area contributed by atoms with Crippen molar-refractivity contribution < 1.29 is 4.74 Å². The Balaban J connectivity index is 2.41. The molecule has 1 aromatic rings. The average molecular weight is 257 g/mol. The molecule has 0 radical (unpaired) electrons. The maximum absolute atomic E-state index is 5.56. The molecule has 0 amide bonds. The van der Waals surface area contributed by atoms with Gasteiger partial charge in [-0.3, -0.25) is 0 Å². The van der Waals surface area contributed by atoms with E-state index in [0.717, 1.165) is 13.0 Å². The van der Waals surface area contributed by atoms with Crippen molar-refractivity contribution in [1.82, 2.24) is 15.0 Å². The summed E-state index contributed by atoms with van der Waals surface area (Å²) in [6, 6.07) is 0.270. The highest BCUT2D eigenvalue weighted by Crippen LogP contribution is 2.09. The molecule has 96 valence electrons. The Hall–Kier alpha value is -1.24. The van der Waals surface area contributed by atoms with Gasteiger partial charge in [0.1, 0.15) is 0 Å². The van der Waals surface area contributed by atoms with Gasteiger partial charge in [-0.2, -0.15) is 26.7 Å². The van der Waals surface area contributed by atoms with E-state index < -0.39 is 0 Å². The highest BCUT2D eigenvalue weighted by molar-refractivity contribution is 7.98. The molecule has 0 aliphatic rings. The largest absolute Gasteiger partial charge is 0.464 e. The Kier molecular flexibility index (Phi) is 6.46. The molecule has 0 saturated heterocycles. The fourth-order valence-corrected chi connectivity index (χ4v) is 1.71. The number of nitrogen functional groups attached to an aromatic ring is 1. The Labute approximate surface area is 106 Å². The van der Waals surface area contributed by atoms with Gasteiger partial charge in [-0.15, -0.1) is 0 Å². The van der Waals surface area contributed by atoms with Crippen molar-refractivity contribution in [2.75, 3.05) is 36.2 Å². The molecule has 0 aliphatic heterocycles. The molecule has 1 heterocycles. The van der Waals surface area contributed by atoms with E-state index in [1.807, 2.05) is 18.7 Å². The highest BCUT2D eigenvalue weighted by atomic mass is 32.2. The summed E-state index contributed by atoms with van der Waals surface area (Å²) in [5.74, 6) is 1.82. The number of nitrogens with zero attached hydrogens (tertiary/aromatic N) is 3. The lowest BCUT2D eigenvalue weighted by molar-refractivity contribution is 0.312. The quantitative estimate of drug-likeness (QED) is 0.681. The first-order valence-corrected chi connectivity index (χ1v) is 7.02. The van der Waals surface area contributed by atoms with Crippen LogP contribution >= 0.6 is 11.8 Å². The van der Waals surface area contributed by atoms with Crippen LogP contribution in [-0.4, -0.2) is 40.1 Å². The van der Waals surface area contributed by atoms with Gasteiger partial charge in [0.2, 0.25) is 11.9 Å². The number of aromatic nitrogens is 3. The van der Waals surface area contributed by atoms with Gasteiger partial charge < -0.3 is 15.8 Å². The minimum atomic E-state index is 0.176. The Morgan fingerprint density at radius 3 is 2.82 bits per heavy atom. The molecule has 6 nitrogen and oxygen atoms in total. The topological polar surface area (TPSA) is 86.0 Å². The summed E-state index contributed by atoms with van der Waals surface area (Å²) in [6.45, 7) is 3.21. The Morgan fingerprint density at radius 2 is 2.12 bits per heavy atom. The lowest BCUT2D eigenvalue weighted by Crippen LogP contribution is -2.10. The lowest BCUT2D eigenvalue weighted by atomic mass is 10.3. The van der Waals surface area contributed by atoms with Crippen LogP contribution in [0.3, 0.4) is 0 Å². The smallest absolute Gasteiger partial charge is 0.323 e. The van der Waals surface area contributed by atoms with Crippen LogP contribution in [0.2, 0.25) is 0 Å². The SMILES string of the molecule is CCOc1nc(N)nc(NCCCCSC)n1. The summed E-state index contributed by atoms with van der Waals surface area (Å²) >= 11 is 1.85. The normalized spacial score (nSPS) is 10.2. The van der Waals surface area contributed by atoms with Crippen LogP contribution in [0.25, 0.3) is 0 Å². The van der Waals surface area contributed by atoms with Gasteiger partial charge in [0.25, 0.3) is 0 Å². The second-order valence-electron chi connectivity index (χ2n) is 3.36. The molecule has 7 heteroatoms. The summed E-state index contributed by atoms with van der Waals surface area (Å²) in [4.78, 5) is 12.0. The van der Waals surface area contributed by atoms with E-state index in [1.165, 1.54) is 12.2 Å². The Morgan fingerprint density at radius 1 is 1.29 bits per heavy atom. The number of rotatable bonds is 8. The van der Waals surface area contributed by atoms with Crippen molar-refractivity contribution in [3.63, 3.8) is 0 Å². The highest BCUT2D eigenvalue weighted by Gasteiger charge is 2.03. The van der Waals surface area contributed by atoms with Gasteiger partial charge in [0, 0.05) is 6.54 Å². The molecule has 0 atom stereocenters. The van der Waals surface area contributed by atoms with Crippen LogP contribution in [0.5, 0.6) is 6.01 Å². The van der Waals surface area contributed by atoms with Crippen molar-refractivity contribution in [2.45, 2.75) is 19.8 Å². The second-order valence-corrected chi connectivity index (χ2v) is 4.35. The zero-order valence-electron chi connectivity index (χ0n) is 10.3. The predicted octanol–water partition coefficient (Wildman–Crippen LogP) is 1.41. The van der Waals surface area contributed by atoms with Gasteiger partial charge in [-0.25, -0.2) is 0 Å². The van der Waals surface area contributed by atoms with Gasteiger partial charge in [0.15, 0.2) is 0 Å². The van der Waals surface area contributed by atoms with Gasteiger partial charge in [-0.05, 0) is 31.8 Å². The molecular formula is C10H19N5OS. The summed E-state index contributed by atoms with van der Waals surface area (Å²) < 4.78 is 5.19. The molecule has 0 fully saturated rings. The third-order valence-electron chi connectivity index (χ3n) is 1.96. The standard InChI is InChI=1S/C10H19N5OS/c1-3-16-10-14-8(11)13-9(15-10)12-6-4-5-7-17-2/h3-7H2,1-2H3,(H3,11,12,13,14,15). The minimum Gasteiger partial charge on any atom is -0.464 e. The lowest BCUT2D eigenvalue weighted by Gasteiger charge is -2.06. The predicted molar refractivity (Wildman–Crippen MR) is 71.5 cm³/mol. The van der Waals surface area contributed by atoms with Crippen molar-refractivity contribution in [3.05, 3.63) is 0 Å². The fourth-order valence-electron chi connectivity index (χ4n) is 1.22. The molecule has 0 saturated carbocycles. The maximum atomic E-state index is 5.56. The molecule has 3 N–H and O–H groups in total. The van der Waals surface area contributed by atoms with E-state index in [-0.39, 0.29) is 12.0 Å². The number of thioether (sulfide) groups is 1. The molecular weight excluding hydrogens is 238 g/mol. The third kappa shape index (κ3) is 5.58. The van der Waals surface area contributed by atoms with Gasteiger partial charge in [-0.1, -0.05) is 0 Å². The summed E-state index contributed by atoms with van der Waals surface area (Å²) in [5.41, 5.74) is 5.56. The Bertz CT molecular complexity index is 336. The summed E-state index contributed by atoms with van der Waals surface area (Å²) in [6.07, 6.45) is 4.36. The first kappa shape index (κ1) is 13.8. The van der Waals surface area contributed by atoms with Crippen LogP contribution in [0.15, 0.2) is 0 Å². The van der Waals surface area contributed by atoms with Crippen LogP contribution in [0.1, 0.15) is 19.8 Å². The second kappa shape index (κ2) is 7.94. The molecule has 0 unspecified atom stereocenters. The van der Waals surface area contributed by atoms with Crippen molar-refractivity contribution in [3.8, 4) is 6.01 Å². The summed E-state index contributed by atoms with van der Waals surface area (Å²) in [7, 11) is 0. The number of hydrogen-bond donors (Lipinski definition) is 2. The molecule has 0 spiro atoms. The fraction of sp³-hybridized carbons (Fsp3) is 0.700. The van der Waals surface area contributed by atoms with Crippen molar-refractivity contribution >= 4 is 23.7 Å². The number of hydrogen-bond acceptors (Lipinski definition) is 7. The zero-order chi connectivity index (χ0) is 12.5. The molecule has 1 rings (SSSR count).